The SMILES string of the molecule is CC[C@H](C)c1ccccc1O[C@@H]1CCCNC1. The normalized spacial score (nSPS) is 22.1. The minimum atomic E-state index is 0.342. The smallest absolute Gasteiger partial charge is 0.123 e. The molecule has 2 rings (SSSR count). The number of hydrogen-bond donors (Lipinski definition) is 1. The van der Waals surface area contributed by atoms with Crippen molar-refractivity contribution < 1.29 is 4.74 Å². The molecule has 17 heavy (non-hydrogen) atoms. The van der Waals surface area contributed by atoms with Gasteiger partial charge in [-0.15, -0.1) is 0 Å². The fourth-order valence-electron chi connectivity index (χ4n) is 2.31. The molecule has 1 aromatic rings. The first-order valence-electron chi connectivity index (χ1n) is 6.77. The quantitative estimate of drug-likeness (QED) is 0.861. The van der Waals surface area contributed by atoms with Crippen molar-refractivity contribution in [1.29, 1.82) is 0 Å². The highest BCUT2D eigenvalue weighted by molar-refractivity contribution is 5.36. The molecular weight excluding hydrogens is 210 g/mol. The Kier molecular flexibility index (Phi) is 4.43. The van der Waals surface area contributed by atoms with Crippen LogP contribution in [0, 0.1) is 0 Å². The largest absolute Gasteiger partial charge is 0.489 e. The van der Waals surface area contributed by atoms with Gasteiger partial charge >= 0.3 is 0 Å². The van der Waals surface area contributed by atoms with Crippen LogP contribution in [-0.4, -0.2) is 19.2 Å². The summed E-state index contributed by atoms with van der Waals surface area (Å²) in [6, 6.07) is 8.47. The Morgan fingerprint density at radius 1 is 1.41 bits per heavy atom. The summed E-state index contributed by atoms with van der Waals surface area (Å²) in [5.74, 6) is 1.65. The molecule has 0 radical (unpaired) electrons. The van der Waals surface area contributed by atoms with Gasteiger partial charge in [-0.25, -0.2) is 0 Å². The van der Waals surface area contributed by atoms with Gasteiger partial charge in [-0.3, -0.25) is 0 Å². The van der Waals surface area contributed by atoms with Crippen LogP contribution in [-0.2, 0) is 0 Å². The van der Waals surface area contributed by atoms with E-state index in [4.69, 9.17) is 4.74 Å². The topological polar surface area (TPSA) is 21.3 Å². The van der Waals surface area contributed by atoms with E-state index in [0.29, 0.717) is 12.0 Å². The summed E-state index contributed by atoms with van der Waals surface area (Å²) in [4.78, 5) is 0. The Labute approximate surface area is 104 Å². The number of hydrogen-bond acceptors (Lipinski definition) is 2. The molecule has 0 bridgehead atoms. The highest BCUT2D eigenvalue weighted by atomic mass is 16.5. The minimum absolute atomic E-state index is 0.342. The lowest BCUT2D eigenvalue weighted by atomic mass is 9.97. The van der Waals surface area contributed by atoms with Gasteiger partial charge in [-0.2, -0.15) is 0 Å². The van der Waals surface area contributed by atoms with Crippen LogP contribution in [0.3, 0.4) is 0 Å². The third-order valence-electron chi connectivity index (χ3n) is 3.61. The number of benzene rings is 1. The molecule has 1 fully saturated rings. The Morgan fingerprint density at radius 2 is 2.24 bits per heavy atom. The molecule has 0 saturated carbocycles. The zero-order valence-electron chi connectivity index (χ0n) is 10.9. The molecule has 1 aliphatic heterocycles. The lowest BCUT2D eigenvalue weighted by Gasteiger charge is -2.26. The van der Waals surface area contributed by atoms with Crippen LogP contribution in [0.15, 0.2) is 24.3 Å². The van der Waals surface area contributed by atoms with Crippen molar-refractivity contribution in [3.8, 4) is 5.75 Å². The number of ether oxygens (including phenoxy) is 1. The summed E-state index contributed by atoms with van der Waals surface area (Å²) < 4.78 is 6.15. The lowest BCUT2D eigenvalue weighted by molar-refractivity contribution is 0.165. The second-order valence-electron chi connectivity index (χ2n) is 4.93. The van der Waals surface area contributed by atoms with Gasteiger partial charge in [-0.1, -0.05) is 32.0 Å². The number of para-hydroxylation sites is 1. The van der Waals surface area contributed by atoms with Gasteiger partial charge in [0, 0.05) is 6.54 Å². The van der Waals surface area contributed by atoms with Crippen molar-refractivity contribution in [2.24, 2.45) is 0 Å². The van der Waals surface area contributed by atoms with Gasteiger partial charge in [0.15, 0.2) is 0 Å². The van der Waals surface area contributed by atoms with E-state index in [2.05, 4.69) is 43.4 Å². The molecule has 0 unspecified atom stereocenters. The molecule has 0 aliphatic carbocycles. The summed E-state index contributed by atoms with van der Waals surface area (Å²) in [6.07, 6.45) is 3.88. The molecule has 1 N–H and O–H groups in total. The van der Waals surface area contributed by atoms with Crippen LogP contribution in [0.2, 0.25) is 0 Å². The van der Waals surface area contributed by atoms with E-state index in [1.165, 1.54) is 18.4 Å². The average Bonchev–Trinajstić information content (AvgIpc) is 2.40. The van der Waals surface area contributed by atoms with E-state index < -0.39 is 0 Å². The summed E-state index contributed by atoms with van der Waals surface area (Å²) in [5.41, 5.74) is 1.35. The Morgan fingerprint density at radius 3 is 2.94 bits per heavy atom. The molecule has 94 valence electrons. The third kappa shape index (κ3) is 3.22. The van der Waals surface area contributed by atoms with Crippen molar-refractivity contribution in [1.82, 2.24) is 5.32 Å². The Balaban J connectivity index is 2.08. The molecule has 0 amide bonds. The van der Waals surface area contributed by atoms with Gasteiger partial charge in [0.2, 0.25) is 0 Å². The Hall–Kier alpha value is -1.02. The zero-order valence-corrected chi connectivity index (χ0v) is 10.9. The molecular formula is C15H23NO. The van der Waals surface area contributed by atoms with Gasteiger partial charge in [0.1, 0.15) is 11.9 Å². The molecule has 0 aromatic heterocycles. The van der Waals surface area contributed by atoms with E-state index in [1.807, 2.05) is 0 Å². The maximum Gasteiger partial charge on any atom is 0.123 e. The molecule has 1 aliphatic rings. The maximum absolute atomic E-state index is 6.15. The van der Waals surface area contributed by atoms with Crippen LogP contribution in [0.25, 0.3) is 0 Å². The van der Waals surface area contributed by atoms with Crippen molar-refractivity contribution >= 4 is 0 Å². The monoisotopic (exact) mass is 233 g/mol. The fourth-order valence-corrected chi connectivity index (χ4v) is 2.31. The van der Waals surface area contributed by atoms with Crippen LogP contribution in [0.1, 0.15) is 44.6 Å². The Bertz CT molecular complexity index is 345. The van der Waals surface area contributed by atoms with Crippen molar-refractivity contribution in [3.05, 3.63) is 29.8 Å². The van der Waals surface area contributed by atoms with E-state index in [-0.39, 0.29) is 0 Å². The number of piperidine rings is 1. The zero-order chi connectivity index (χ0) is 12.1. The first kappa shape index (κ1) is 12.4. The summed E-state index contributed by atoms with van der Waals surface area (Å²) in [6.45, 7) is 6.60. The minimum Gasteiger partial charge on any atom is -0.489 e. The summed E-state index contributed by atoms with van der Waals surface area (Å²) in [5, 5.41) is 3.39. The molecule has 1 saturated heterocycles. The first-order valence-corrected chi connectivity index (χ1v) is 6.77. The van der Waals surface area contributed by atoms with Gasteiger partial charge in [-0.05, 0) is 43.4 Å². The van der Waals surface area contributed by atoms with Crippen LogP contribution >= 0.6 is 0 Å². The van der Waals surface area contributed by atoms with E-state index in [9.17, 15) is 0 Å². The lowest BCUT2D eigenvalue weighted by Crippen LogP contribution is -2.37. The second kappa shape index (κ2) is 6.06. The number of rotatable bonds is 4. The van der Waals surface area contributed by atoms with E-state index in [1.54, 1.807) is 0 Å². The summed E-state index contributed by atoms with van der Waals surface area (Å²) >= 11 is 0. The third-order valence-corrected chi connectivity index (χ3v) is 3.61. The molecule has 2 nitrogen and oxygen atoms in total. The van der Waals surface area contributed by atoms with E-state index >= 15 is 0 Å². The highest BCUT2D eigenvalue weighted by Gasteiger charge is 2.17. The molecule has 1 heterocycles. The highest BCUT2D eigenvalue weighted by Crippen LogP contribution is 2.29. The van der Waals surface area contributed by atoms with Crippen LogP contribution < -0.4 is 10.1 Å². The molecule has 2 heteroatoms. The molecule has 0 spiro atoms. The van der Waals surface area contributed by atoms with Crippen molar-refractivity contribution in [3.63, 3.8) is 0 Å². The van der Waals surface area contributed by atoms with Gasteiger partial charge < -0.3 is 10.1 Å². The van der Waals surface area contributed by atoms with Crippen LogP contribution in [0.5, 0.6) is 5.75 Å². The number of nitrogens with one attached hydrogen (secondary N) is 1. The van der Waals surface area contributed by atoms with E-state index in [0.717, 1.165) is 25.3 Å². The van der Waals surface area contributed by atoms with Crippen LogP contribution in [0.4, 0.5) is 0 Å². The van der Waals surface area contributed by atoms with Crippen molar-refractivity contribution in [2.45, 2.75) is 45.1 Å². The van der Waals surface area contributed by atoms with Crippen molar-refractivity contribution in [2.75, 3.05) is 13.1 Å². The second-order valence-corrected chi connectivity index (χ2v) is 4.93. The molecule has 1 aromatic carbocycles. The standard InChI is InChI=1S/C15H23NO/c1-3-12(2)14-8-4-5-9-15(14)17-13-7-6-10-16-11-13/h4-5,8-9,12-13,16H,3,6-7,10-11H2,1-2H3/t12-,13+/m0/s1. The predicted octanol–water partition coefficient (Wildman–Crippen LogP) is 3.33. The van der Waals surface area contributed by atoms with Gasteiger partial charge in [0.25, 0.3) is 0 Å². The summed E-state index contributed by atoms with van der Waals surface area (Å²) in [7, 11) is 0. The fraction of sp³-hybridized carbons (Fsp3) is 0.600. The predicted molar refractivity (Wildman–Crippen MR) is 71.7 cm³/mol. The average molecular weight is 233 g/mol. The maximum atomic E-state index is 6.15. The molecule has 2 atom stereocenters. The first-order chi connectivity index (χ1) is 8.31. The van der Waals surface area contributed by atoms with Gasteiger partial charge in [0.05, 0.1) is 0 Å².